The number of carboxylic acids is 2. The molecule has 1 atom stereocenters. The van der Waals surface area contributed by atoms with Crippen molar-refractivity contribution in [3.8, 4) is 0 Å². The molecule has 0 spiro atoms. The molecule has 2 aromatic rings. The van der Waals surface area contributed by atoms with Gasteiger partial charge in [-0.3, -0.25) is 14.6 Å². The average molecular weight is 541 g/mol. The number of halogens is 6. The SMILES string of the molecule is Cn1nnc2c1C(COCC1CC1)CN(Cc1ccccn1)C2.O=C(O)C(F)(F)F.O=C(O)C(F)(F)F. The van der Waals surface area contributed by atoms with Crippen LogP contribution in [-0.2, 0) is 34.5 Å². The van der Waals surface area contributed by atoms with Crippen LogP contribution in [0.1, 0.15) is 35.8 Å². The number of aryl methyl sites for hydroxylation is 1. The lowest BCUT2D eigenvalue weighted by molar-refractivity contribution is -0.193. The Morgan fingerprint density at radius 2 is 1.65 bits per heavy atom. The van der Waals surface area contributed by atoms with Gasteiger partial charge in [0.2, 0.25) is 0 Å². The number of hydrogen-bond acceptors (Lipinski definition) is 7. The summed E-state index contributed by atoms with van der Waals surface area (Å²) >= 11 is 0. The molecule has 3 heterocycles. The number of alkyl halides is 6. The monoisotopic (exact) mass is 541 g/mol. The second-order valence-electron chi connectivity index (χ2n) is 8.32. The molecule has 2 aliphatic rings. The molecule has 2 aromatic heterocycles. The molecular weight excluding hydrogens is 516 g/mol. The first-order valence-corrected chi connectivity index (χ1v) is 10.9. The zero-order valence-electron chi connectivity index (χ0n) is 19.5. The Balaban J connectivity index is 0.000000286. The first kappa shape index (κ1) is 30.0. The third kappa shape index (κ3) is 10.3. The molecule has 0 saturated heterocycles. The predicted molar refractivity (Wildman–Crippen MR) is 113 cm³/mol. The molecule has 37 heavy (non-hydrogen) atoms. The standard InChI is InChI=1S/C17H23N5O.2C2HF3O2/c1-21-17-14(12-23-11-13-5-6-13)8-22(10-16(17)19-20-21)9-15-4-2-3-7-18-15;2*3-2(4,5)1(6)7/h2-4,7,13-14H,5-6,8-12H2,1H3;2*(H,6,7). The van der Waals surface area contributed by atoms with E-state index in [9.17, 15) is 26.3 Å². The van der Waals surface area contributed by atoms with Gasteiger partial charge in [-0.25, -0.2) is 9.59 Å². The lowest BCUT2D eigenvalue weighted by Crippen LogP contribution is -2.36. The lowest BCUT2D eigenvalue weighted by Gasteiger charge is -2.31. The van der Waals surface area contributed by atoms with Crippen molar-refractivity contribution in [1.82, 2.24) is 24.9 Å². The maximum atomic E-state index is 10.6. The van der Waals surface area contributed by atoms with Gasteiger partial charge in [0.05, 0.1) is 18.0 Å². The number of rotatable bonds is 6. The Kier molecular flexibility index (Phi) is 10.4. The van der Waals surface area contributed by atoms with E-state index in [1.54, 1.807) is 0 Å². The minimum atomic E-state index is -5.08. The van der Waals surface area contributed by atoms with Crippen molar-refractivity contribution < 1.29 is 50.9 Å². The molecular formula is C21H25F6N5O5. The van der Waals surface area contributed by atoms with Gasteiger partial charge in [-0.15, -0.1) is 5.10 Å². The molecule has 1 aliphatic carbocycles. The normalized spacial score (nSPS) is 17.5. The van der Waals surface area contributed by atoms with Gasteiger partial charge in [0.1, 0.15) is 5.69 Å². The van der Waals surface area contributed by atoms with E-state index in [0.717, 1.165) is 50.2 Å². The first-order valence-electron chi connectivity index (χ1n) is 10.9. The van der Waals surface area contributed by atoms with E-state index in [4.69, 9.17) is 24.5 Å². The fourth-order valence-corrected chi connectivity index (χ4v) is 3.33. The maximum Gasteiger partial charge on any atom is 0.490 e. The Bertz CT molecular complexity index is 1000. The first-order chi connectivity index (χ1) is 17.2. The van der Waals surface area contributed by atoms with E-state index in [1.165, 1.54) is 18.5 Å². The smallest absolute Gasteiger partial charge is 0.475 e. The zero-order chi connectivity index (χ0) is 27.8. The summed E-state index contributed by atoms with van der Waals surface area (Å²) in [7, 11) is 1.98. The molecule has 1 saturated carbocycles. The van der Waals surface area contributed by atoms with Gasteiger partial charge >= 0.3 is 24.3 Å². The summed E-state index contributed by atoms with van der Waals surface area (Å²) in [4.78, 5) is 24.6. The number of aromatic nitrogens is 4. The van der Waals surface area contributed by atoms with E-state index in [0.29, 0.717) is 5.92 Å². The molecule has 1 fully saturated rings. The average Bonchev–Trinajstić information content (AvgIpc) is 3.55. The van der Waals surface area contributed by atoms with Crippen molar-refractivity contribution in [2.24, 2.45) is 13.0 Å². The van der Waals surface area contributed by atoms with Crippen LogP contribution in [0.15, 0.2) is 24.4 Å². The number of hydrogen-bond donors (Lipinski definition) is 2. The molecule has 0 aromatic carbocycles. The topological polar surface area (TPSA) is 131 Å². The minimum Gasteiger partial charge on any atom is -0.475 e. The summed E-state index contributed by atoms with van der Waals surface area (Å²) < 4.78 is 71.4. The van der Waals surface area contributed by atoms with Crippen molar-refractivity contribution >= 4 is 11.9 Å². The quantitative estimate of drug-likeness (QED) is 0.530. The van der Waals surface area contributed by atoms with Gasteiger partial charge in [-0.05, 0) is 30.9 Å². The van der Waals surface area contributed by atoms with Crippen LogP contribution in [-0.4, -0.2) is 79.1 Å². The van der Waals surface area contributed by atoms with E-state index in [2.05, 4.69) is 26.3 Å². The third-order valence-corrected chi connectivity index (χ3v) is 5.15. The van der Waals surface area contributed by atoms with Crippen molar-refractivity contribution in [2.45, 2.75) is 44.2 Å². The number of nitrogens with zero attached hydrogens (tertiary/aromatic N) is 5. The van der Waals surface area contributed by atoms with Crippen molar-refractivity contribution in [3.05, 3.63) is 41.5 Å². The molecule has 1 unspecified atom stereocenters. The lowest BCUT2D eigenvalue weighted by atomic mass is 9.99. The molecule has 1 aliphatic heterocycles. The Labute approximate surface area is 206 Å². The predicted octanol–water partition coefficient (Wildman–Crippen LogP) is 3.00. The summed E-state index contributed by atoms with van der Waals surface area (Å²) in [5.41, 5.74) is 3.41. The van der Waals surface area contributed by atoms with Crippen LogP contribution in [0.3, 0.4) is 0 Å². The van der Waals surface area contributed by atoms with Crippen LogP contribution in [0.5, 0.6) is 0 Å². The highest BCUT2D eigenvalue weighted by Gasteiger charge is 2.39. The van der Waals surface area contributed by atoms with Crippen LogP contribution >= 0.6 is 0 Å². The van der Waals surface area contributed by atoms with Gasteiger partial charge in [0, 0.05) is 45.4 Å². The molecule has 2 N–H and O–H groups in total. The second kappa shape index (κ2) is 12.8. The van der Waals surface area contributed by atoms with Gasteiger partial charge in [-0.1, -0.05) is 11.3 Å². The van der Waals surface area contributed by atoms with Crippen LogP contribution in [0.25, 0.3) is 0 Å². The summed E-state index contributed by atoms with van der Waals surface area (Å²) in [6.45, 7) is 4.30. The van der Waals surface area contributed by atoms with E-state index >= 15 is 0 Å². The van der Waals surface area contributed by atoms with Gasteiger partial charge < -0.3 is 14.9 Å². The van der Waals surface area contributed by atoms with Crippen molar-refractivity contribution in [2.75, 3.05) is 19.8 Å². The second-order valence-corrected chi connectivity index (χ2v) is 8.32. The maximum absolute atomic E-state index is 10.6. The molecule has 10 nitrogen and oxygen atoms in total. The van der Waals surface area contributed by atoms with Crippen LogP contribution in [0, 0.1) is 5.92 Å². The van der Waals surface area contributed by atoms with Crippen LogP contribution in [0.4, 0.5) is 26.3 Å². The molecule has 0 radical (unpaired) electrons. The van der Waals surface area contributed by atoms with Crippen LogP contribution < -0.4 is 0 Å². The summed E-state index contributed by atoms with van der Waals surface area (Å²) in [5, 5.41) is 22.8. The molecule has 206 valence electrons. The van der Waals surface area contributed by atoms with E-state index in [-0.39, 0.29) is 0 Å². The minimum absolute atomic E-state index is 0.334. The van der Waals surface area contributed by atoms with Crippen LogP contribution in [0.2, 0.25) is 0 Å². The Morgan fingerprint density at radius 1 is 1.05 bits per heavy atom. The number of aliphatic carboxylic acids is 2. The number of carboxylic acid groups (broad SMARTS) is 2. The highest BCUT2D eigenvalue weighted by atomic mass is 19.4. The Morgan fingerprint density at radius 3 is 2.14 bits per heavy atom. The highest BCUT2D eigenvalue weighted by molar-refractivity contribution is 5.73. The number of fused-ring (bicyclic) bond motifs is 1. The highest BCUT2D eigenvalue weighted by Crippen LogP contribution is 2.31. The number of carbonyl (C=O) groups is 2. The third-order valence-electron chi connectivity index (χ3n) is 5.15. The zero-order valence-corrected chi connectivity index (χ0v) is 19.5. The largest absolute Gasteiger partial charge is 0.490 e. The fourth-order valence-electron chi connectivity index (χ4n) is 3.33. The molecule has 0 bridgehead atoms. The van der Waals surface area contributed by atoms with Gasteiger partial charge in [-0.2, -0.15) is 26.3 Å². The summed E-state index contributed by atoms with van der Waals surface area (Å²) in [6, 6.07) is 6.07. The number of ether oxygens (including phenoxy) is 1. The Hall–Kier alpha value is -3.27. The van der Waals surface area contributed by atoms with Crippen molar-refractivity contribution in [1.29, 1.82) is 0 Å². The van der Waals surface area contributed by atoms with E-state index < -0.39 is 24.3 Å². The van der Waals surface area contributed by atoms with E-state index in [1.807, 2.05) is 30.1 Å². The van der Waals surface area contributed by atoms with Gasteiger partial charge in [0.15, 0.2) is 0 Å². The summed E-state index contributed by atoms with van der Waals surface area (Å²) in [5.74, 6) is -4.38. The van der Waals surface area contributed by atoms with Gasteiger partial charge in [0.25, 0.3) is 0 Å². The molecule has 4 rings (SSSR count). The summed E-state index contributed by atoms with van der Waals surface area (Å²) in [6.07, 6.45) is -5.66. The molecule has 0 amide bonds. The van der Waals surface area contributed by atoms with Crippen molar-refractivity contribution in [3.63, 3.8) is 0 Å². The number of pyridine rings is 1. The fraction of sp³-hybridized carbons (Fsp3) is 0.571. The molecule has 16 heteroatoms.